The van der Waals surface area contributed by atoms with Gasteiger partial charge in [0.1, 0.15) is 22.4 Å². The largest absolute Gasteiger partial charge is 0.456 e. The highest BCUT2D eigenvalue weighted by molar-refractivity contribution is 6.23. The number of benzene rings is 5. The van der Waals surface area contributed by atoms with Crippen LogP contribution < -0.4 is 0 Å². The summed E-state index contributed by atoms with van der Waals surface area (Å²) >= 11 is 0. The van der Waals surface area contributed by atoms with Crippen molar-refractivity contribution in [2.45, 2.75) is 56.8 Å². The van der Waals surface area contributed by atoms with E-state index in [1.807, 2.05) is 6.07 Å². The lowest BCUT2D eigenvalue weighted by Gasteiger charge is -2.32. The molecule has 0 saturated carbocycles. The third-order valence-corrected chi connectivity index (χ3v) is 13.2. The lowest BCUT2D eigenvalue weighted by molar-refractivity contribution is 0.553. The molecule has 5 heteroatoms. The zero-order valence-corrected chi connectivity index (χ0v) is 32.8. The van der Waals surface area contributed by atoms with Gasteiger partial charge in [-0.3, -0.25) is 4.57 Å². The van der Waals surface area contributed by atoms with Crippen molar-refractivity contribution >= 4 is 72.4 Å². The summed E-state index contributed by atoms with van der Waals surface area (Å²) in [5.41, 5.74) is 12.3. The summed E-state index contributed by atoms with van der Waals surface area (Å²) in [6, 6.07) is 38.6. The number of allylic oxidation sites excluding steroid dienone is 6. The minimum absolute atomic E-state index is 0.243. The molecule has 280 valence electrons. The van der Waals surface area contributed by atoms with Crippen LogP contribution in [0.25, 0.3) is 78.4 Å². The SMILES string of the molecule is CC1CC=Cc2c1nc(-n1c3ccccc3c3c(C4(C)C=Cc5oc6ccccc6c5C4)cc4c5ccccc5oc4c31)nc2C1(C)C=CC(c2ccccc2)=CC1. The summed E-state index contributed by atoms with van der Waals surface area (Å²) in [6.07, 6.45) is 18.7. The highest BCUT2D eigenvalue weighted by atomic mass is 16.3. The van der Waals surface area contributed by atoms with E-state index in [0.717, 1.165) is 85.9 Å². The zero-order chi connectivity index (χ0) is 38.8. The summed E-state index contributed by atoms with van der Waals surface area (Å²) in [5.74, 6) is 1.87. The van der Waals surface area contributed by atoms with Crippen molar-refractivity contribution < 1.29 is 8.83 Å². The fraction of sp³-hybridized carbons (Fsp3) is 0.170. The Morgan fingerprint density at radius 3 is 2.24 bits per heavy atom. The maximum absolute atomic E-state index is 6.95. The van der Waals surface area contributed by atoms with Gasteiger partial charge in [0.25, 0.3) is 0 Å². The van der Waals surface area contributed by atoms with E-state index >= 15 is 0 Å². The first kappa shape index (κ1) is 33.4. The molecule has 9 aromatic rings. The molecule has 0 fully saturated rings. The predicted molar refractivity (Wildman–Crippen MR) is 238 cm³/mol. The van der Waals surface area contributed by atoms with Gasteiger partial charge in [-0.25, -0.2) is 9.97 Å². The van der Waals surface area contributed by atoms with Crippen LogP contribution in [0.1, 0.15) is 78.9 Å². The molecule has 0 saturated heterocycles. The number of rotatable bonds is 4. The summed E-state index contributed by atoms with van der Waals surface area (Å²) < 4.78 is 15.6. The van der Waals surface area contributed by atoms with Gasteiger partial charge in [0.05, 0.1) is 16.9 Å². The van der Waals surface area contributed by atoms with Crippen LogP contribution in [0.3, 0.4) is 0 Å². The van der Waals surface area contributed by atoms with Crippen LogP contribution in [-0.4, -0.2) is 14.5 Å². The molecule has 0 bridgehead atoms. The summed E-state index contributed by atoms with van der Waals surface area (Å²) in [5, 5.41) is 5.69. The minimum Gasteiger partial charge on any atom is -0.456 e. The van der Waals surface area contributed by atoms with Gasteiger partial charge in [-0.1, -0.05) is 142 Å². The summed E-state index contributed by atoms with van der Waals surface area (Å²) in [6.45, 7) is 6.99. The number of hydrogen-bond donors (Lipinski definition) is 0. The van der Waals surface area contributed by atoms with Crippen LogP contribution in [0, 0.1) is 0 Å². The average Bonchev–Trinajstić information content (AvgIpc) is 3.93. The first-order valence-electron chi connectivity index (χ1n) is 20.5. The Bertz CT molecular complexity index is 3320. The molecule has 3 atom stereocenters. The van der Waals surface area contributed by atoms with E-state index in [4.69, 9.17) is 18.8 Å². The second-order valence-electron chi connectivity index (χ2n) is 17.0. The fourth-order valence-corrected chi connectivity index (χ4v) is 10.1. The first-order chi connectivity index (χ1) is 28.4. The molecule has 5 nitrogen and oxygen atoms in total. The zero-order valence-electron chi connectivity index (χ0n) is 32.8. The van der Waals surface area contributed by atoms with Crippen molar-refractivity contribution in [1.82, 2.24) is 14.5 Å². The highest BCUT2D eigenvalue weighted by Crippen LogP contribution is 2.49. The van der Waals surface area contributed by atoms with Crippen molar-refractivity contribution in [3.63, 3.8) is 0 Å². The third-order valence-electron chi connectivity index (χ3n) is 13.2. The van der Waals surface area contributed by atoms with E-state index in [9.17, 15) is 0 Å². The first-order valence-corrected chi connectivity index (χ1v) is 20.5. The quantitative estimate of drug-likeness (QED) is 0.180. The van der Waals surface area contributed by atoms with Gasteiger partial charge in [0.2, 0.25) is 5.95 Å². The van der Waals surface area contributed by atoms with E-state index in [1.54, 1.807) is 0 Å². The van der Waals surface area contributed by atoms with Crippen LogP contribution in [0.2, 0.25) is 0 Å². The topological polar surface area (TPSA) is 57.0 Å². The van der Waals surface area contributed by atoms with Crippen LogP contribution >= 0.6 is 0 Å². The van der Waals surface area contributed by atoms with Crippen molar-refractivity contribution in [3.05, 3.63) is 179 Å². The van der Waals surface area contributed by atoms with Crippen molar-refractivity contribution in [2.75, 3.05) is 0 Å². The molecule has 58 heavy (non-hydrogen) atoms. The van der Waals surface area contributed by atoms with E-state index in [1.165, 1.54) is 33.0 Å². The number of para-hydroxylation sites is 3. The number of furan rings is 2. The number of fused-ring (bicyclic) bond motifs is 11. The molecule has 0 spiro atoms. The Morgan fingerprint density at radius 1 is 0.707 bits per heavy atom. The molecule has 5 aromatic carbocycles. The van der Waals surface area contributed by atoms with Gasteiger partial charge in [-0.15, -0.1) is 0 Å². The molecular formula is C53H41N3O2. The van der Waals surface area contributed by atoms with Crippen LogP contribution in [0.5, 0.6) is 0 Å². The second kappa shape index (κ2) is 12.1. The maximum atomic E-state index is 6.95. The Labute approximate surface area is 336 Å². The predicted octanol–water partition coefficient (Wildman–Crippen LogP) is 13.6. The lowest BCUT2D eigenvalue weighted by Crippen LogP contribution is -2.26. The highest BCUT2D eigenvalue weighted by Gasteiger charge is 2.37. The minimum atomic E-state index is -0.357. The molecule has 3 aliphatic rings. The molecule has 0 radical (unpaired) electrons. The van der Waals surface area contributed by atoms with Crippen molar-refractivity contribution in [1.29, 1.82) is 0 Å². The van der Waals surface area contributed by atoms with E-state index < -0.39 is 0 Å². The molecule has 3 unspecified atom stereocenters. The molecule has 0 amide bonds. The molecule has 4 aromatic heterocycles. The van der Waals surface area contributed by atoms with Gasteiger partial charge in [-0.2, -0.15) is 0 Å². The second-order valence-corrected chi connectivity index (χ2v) is 17.0. The number of aromatic nitrogens is 3. The van der Waals surface area contributed by atoms with Gasteiger partial charge < -0.3 is 8.83 Å². The monoisotopic (exact) mass is 751 g/mol. The smallest absolute Gasteiger partial charge is 0.235 e. The molecule has 3 aliphatic carbocycles. The van der Waals surface area contributed by atoms with Gasteiger partial charge in [0.15, 0.2) is 5.58 Å². The average molecular weight is 752 g/mol. The summed E-state index contributed by atoms with van der Waals surface area (Å²) in [4.78, 5) is 11.2. The summed E-state index contributed by atoms with van der Waals surface area (Å²) in [7, 11) is 0. The third kappa shape index (κ3) is 4.76. The van der Waals surface area contributed by atoms with Crippen molar-refractivity contribution in [3.8, 4) is 5.95 Å². The van der Waals surface area contributed by atoms with E-state index in [0.29, 0.717) is 5.95 Å². The standard InChI is InChI=1S/C53H41N3O2/c1-32-14-13-20-38-47(32)54-51(55-50(38)52(2)27-24-34(25-28-52)33-15-5-4-6-16-33)56-42-21-10-7-19-37(42)46-41(30-39-35-17-8-12-23-44(35)58-49(39)48(46)56)53(3)29-26-45-40(31-53)36-18-9-11-22-43(36)57-45/h4-13,15-27,29-30,32H,14,28,31H2,1-3H3. The fourth-order valence-electron chi connectivity index (χ4n) is 10.1. The van der Waals surface area contributed by atoms with Crippen LogP contribution in [0.15, 0.2) is 148 Å². The Morgan fingerprint density at radius 2 is 1.43 bits per heavy atom. The van der Waals surface area contributed by atoms with Gasteiger partial charge in [0, 0.05) is 54.8 Å². The molecule has 12 rings (SSSR count). The molecular weight excluding hydrogens is 711 g/mol. The van der Waals surface area contributed by atoms with Crippen LogP contribution in [0.4, 0.5) is 0 Å². The van der Waals surface area contributed by atoms with E-state index in [-0.39, 0.29) is 16.7 Å². The van der Waals surface area contributed by atoms with Gasteiger partial charge >= 0.3 is 0 Å². The van der Waals surface area contributed by atoms with E-state index in [2.05, 4.69) is 171 Å². The number of nitrogens with zero attached hydrogens (tertiary/aromatic N) is 3. The Kier molecular flexibility index (Phi) is 7.00. The molecule has 0 N–H and O–H groups in total. The number of hydrogen-bond acceptors (Lipinski definition) is 4. The normalized spacial score (nSPS) is 21.4. The maximum Gasteiger partial charge on any atom is 0.235 e. The molecule has 0 aliphatic heterocycles. The molecule has 4 heterocycles. The van der Waals surface area contributed by atoms with Crippen molar-refractivity contribution in [2.24, 2.45) is 0 Å². The van der Waals surface area contributed by atoms with Gasteiger partial charge in [-0.05, 0) is 66.3 Å². The Balaban J connectivity index is 1.14. The van der Waals surface area contributed by atoms with Crippen LogP contribution in [-0.2, 0) is 17.3 Å². The Hall–Kier alpha value is -6.72. The lowest BCUT2D eigenvalue weighted by atomic mass is 9.72.